The second-order valence-electron chi connectivity index (χ2n) is 3.00. The zero-order valence-electron chi connectivity index (χ0n) is 7.58. The SMILES string of the molecule is O=C1CCCCOC(=O)CCCO1. The van der Waals surface area contributed by atoms with Crippen LogP contribution in [0.2, 0.25) is 0 Å². The maximum atomic E-state index is 10.9. The fourth-order valence-corrected chi connectivity index (χ4v) is 1.10. The largest absolute Gasteiger partial charge is 0.466 e. The number of esters is 2. The highest BCUT2D eigenvalue weighted by molar-refractivity contribution is 5.70. The molecular weight excluding hydrogens is 172 g/mol. The molecule has 0 unspecified atom stereocenters. The Hall–Kier alpha value is -1.06. The molecule has 0 aromatic rings. The molecule has 0 amide bonds. The molecule has 4 nitrogen and oxygen atoms in total. The average Bonchev–Trinajstić information content (AvgIpc) is 2.14. The van der Waals surface area contributed by atoms with Crippen LogP contribution in [-0.2, 0) is 19.1 Å². The maximum absolute atomic E-state index is 10.9. The monoisotopic (exact) mass is 186 g/mol. The molecule has 0 aliphatic carbocycles. The summed E-state index contributed by atoms with van der Waals surface area (Å²) in [6.07, 6.45) is 2.79. The molecule has 0 aromatic carbocycles. The molecule has 4 heteroatoms. The summed E-state index contributed by atoms with van der Waals surface area (Å²) in [5.74, 6) is -0.368. The predicted molar refractivity (Wildman–Crippen MR) is 45.0 cm³/mol. The molecular formula is C9H14O4. The summed E-state index contributed by atoms with van der Waals surface area (Å²) in [5.41, 5.74) is 0. The van der Waals surface area contributed by atoms with Crippen LogP contribution in [0.1, 0.15) is 32.1 Å². The summed E-state index contributed by atoms with van der Waals surface area (Å²) >= 11 is 0. The van der Waals surface area contributed by atoms with E-state index in [0.29, 0.717) is 32.5 Å². The van der Waals surface area contributed by atoms with Gasteiger partial charge in [-0.2, -0.15) is 0 Å². The van der Waals surface area contributed by atoms with Gasteiger partial charge >= 0.3 is 11.9 Å². The highest BCUT2D eigenvalue weighted by atomic mass is 16.5. The molecule has 0 spiro atoms. The van der Waals surface area contributed by atoms with Crippen LogP contribution in [0.25, 0.3) is 0 Å². The minimum atomic E-state index is -0.196. The molecule has 0 radical (unpaired) electrons. The van der Waals surface area contributed by atoms with E-state index in [0.717, 1.165) is 12.8 Å². The van der Waals surface area contributed by atoms with Gasteiger partial charge in [-0.25, -0.2) is 0 Å². The van der Waals surface area contributed by atoms with Crippen LogP contribution < -0.4 is 0 Å². The first-order valence-corrected chi connectivity index (χ1v) is 4.60. The van der Waals surface area contributed by atoms with Gasteiger partial charge in [0, 0.05) is 12.8 Å². The third-order valence-corrected chi connectivity index (χ3v) is 1.83. The van der Waals surface area contributed by atoms with Crippen LogP contribution in [0.5, 0.6) is 0 Å². The lowest BCUT2D eigenvalue weighted by Gasteiger charge is -2.01. The highest BCUT2D eigenvalue weighted by Crippen LogP contribution is 2.03. The number of ether oxygens (including phenoxy) is 2. The predicted octanol–water partition coefficient (Wildman–Crippen LogP) is 1.04. The summed E-state index contributed by atoms with van der Waals surface area (Å²) in [6, 6.07) is 0. The van der Waals surface area contributed by atoms with Crippen LogP contribution in [0.15, 0.2) is 0 Å². The topological polar surface area (TPSA) is 52.6 Å². The second-order valence-corrected chi connectivity index (χ2v) is 3.00. The van der Waals surface area contributed by atoms with Gasteiger partial charge in [-0.05, 0) is 19.3 Å². The van der Waals surface area contributed by atoms with Crippen molar-refractivity contribution < 1.29 is 19.1 Å². The van der Waals surface area contributed by atoms with E-state index in [9.17, 15) is 9.59 Å². The van der Waals surface area contributed by atoms with Gasteiger partial charge in [-0.3, -0.25) is 9.59 Å². The summed E-state index contributed by atoms with van der Waals surface area (Å²) in [7, 11) is 0. The Bertz CT molecular complexity index is 168. The van der Waals surface area contributed by atoms with Crippen molar-refractivity contribution in [2.24, 2.45) is 0 Å². The van der Waals surface area contributed by atoms with E-state index in [1.54, 1.807) is 0 Å². The normalized spacial score (nSPS) is 21.2. The fourth-order valence-electron chi connectivity index (χ4n) is 1.10. The summed E-state index contributed by atoms with van der Waals surface area (Å²) in [6.45, 7) is 0.750. The molecule has 0 N–H and O–H groups in total. The molecule has 0 aromatic heterocycles. The average molecular weight is 186 g/mol. The van der Waals surface area contributed by atoms with Crippen LogP contribution >= 0.6 is 0 Å². The van der Waals surface area contributed by atoms with Crippen molar-refractivity contribution in [3.05, 3.63) is 0 Å². The van der Waals surface area contributed by atoms with Crippen molar-refractivity contribution in [1.29, 1.82) is 0 Å². The first kappa shape index (κ1) is 10.0. The molecule has 0 saturated carbocycles. The van der Waals surface area contributed by atoms with Crippen molar-refractivity contribution in [2.75, 3.05) is 13.2 Å². The summed E-state index contributed by atoms with van der Waals surface area (Å²) < 4.78 is 9.78. The standard InChI is InChI=1S/C9H14O4/c10-8-4-1-2-6-12-9(11)5-3-7-13-8/h1-7H2. The molecule has 0 atom stereocenters. The van der Waals surface area contributed by atoms with Crippen molar-refractivity contribution in [2.45, 2.75) is 32.1 Å². The Kier molecular flexibility index (Phi) is 4.29. The zero-order valence-corrected chi connectivity index (χ0v) is 7.58. The molecule has 13 heavy (non-hydrogen) atoms. The van der Waals surface area contributed by atoms with E-state index < -0.39 is 0 Å². The third-order valence-electron chi connectivity index (χ3n) is 1.83. The van der Waals surface area contributed by atoms with Crippen molar-refractivity contribution in [3.8, 4) is 0 Å². The third kappa shape index (κ3) is 4.50. The molecule has 74 valence electrons. The number of rotatable bonds is 0. The molecule has 1 rings (SSSR count). The van der Waals surface area contributed by atoms with Gasteiger partial charge in [0.25, 0.3) is 0 Å². The van der Waals surface area contributed by atoms with Crippen molar-refractivity contribution in [1.82, 2.24) is 0 Å². The lowest BCUT2D eigenvalue weighted by molar-refractivity contribution is -0.146. The van der Waals surface area contributed by atoms with Gasteiger partial charge in [-0.15, -0.1) is 0 Å². The molecule has 1 saturated heterocycles. The van der Waals surface area contributed by atoms with Gasteiger partial charge in [0.05, 0.1) is 13.2 Å². The second kappa shape index (κ2) is 5.56. The lowest BCUT2D eigenvalue weighted by atomic mass is 10.2. The number of hydrogen-bond acceptors (Lipinski definition) is 4. The smallest absolute Gasteiger partial charge is 0.305 e. The van der Waals surface area contributed by atoms with Crippen molar-refractivity contribution >= 4 is 11.9 Å². The van der Waals surface area contributed by atoms with Gasteiger partial charge in [0.2, 0.25) is 0 Å². The van der Waals surface area contributed by atoms with Crippen molar-refractivity contribution in [3.63, 3.8) is 0 Å². The van der Waals surface area contributed by atoms with E-state index >= 15 is 0 Å². The quantitative estimate of drug-likeness (QED) is 0.530. The number of carbonyl (C=O) groups excluding carboxylic acids is 2. The minimum absolute atomic E-state index is 0.172. The Morgan fingerprint density at radius 3 is 2.00 bits per heavy atom. The first-order chi connectivity index (χ1) is 6.29. The lowest BCUT2D eigenvalue weighted by Crippen LogP contribution is -2.07. The summed E-state index contributed by atoms with van der Waals surface area (Å²) in [4.78, 5) is 21.9. The molecule has 1 fully saturated rings. The van der Waals surface area contributed by atoms with Gasteiger partial charge < -0.3 is 9.47 Å². The Balaban J connectivity index is 2.30. The van der Waals surface area contributed by atoms with E-state index in [4.69, 9.17) is 9.47 Å². The summed E-state index contributed by atoms with van der Waals surface area (Å²) in [5, 5.41) is 0. The maximum Gasteiger partial charge on any atom is 0.305 e. The minimum Gasteiger partial charge on any atom is -0.466 e. The van der Waals surface area contributed by atoms with Gasteiger partial charge in [-0.1, -0.05) is 0 Å². The van der Waals surface area contributed by atoms with Gasteiger partial charge in [0.1, 0.15) is 0 Å². The zero-order chi connectivity index (χ0) is 9.52. The van der Waals surface area contributed by atoms with E-state index in [-0.39, 0.29) is 11.9 Å². The van der Waals surface area contributed by atoms with Crippen LogP contribution in [0, 0.1) is 0 Å². The Morgan fingerprint density at radius 2 is 1.31 bits per heavy atom. The molecule has 1 aliphatic rings. The Morgan fingerprint density at radius 1 is 0.769 bits per heavy atom. The number of hydrogen-bond donors (Lipinski definition) is 0. The first-order valence-electron chi connectivity index (χ1n) is 4.60. The van der Waals surface area contributed by atoms with Gasteiger partial charge in [0.15, 0.2) is 0 Å². The van der Waals surface area contributed by atoms with E-state index in [1.807, 2.05) is 0 Å². The highest BCUT2D eigenvalue weighted by Gasteiger charge is 2.08. The molecule has 0 bridgehead atoms. The van der Waals surface area contributed by atoms with Crippen LogP contribution in [-0.4, -0.2) is 25.2 Å². The number of cyclic esters (lactones) is 2. The number of carbonyl (C=O) groups is 2. The van der Waals surface area contributed by atoms with Crippen LogP contribution in [0.3, 0.4) is 0 Å². The fraction of sp³-hybridized carbons (Fsp3) is 0.778. The Labute approximate surface area is 77.2 Å². The molecule has 1 heterocycles. The molecule has 1 aliphatic heterocycles. The van der Waals surface area contributed by atoms with E-state index in [2.05, 4.69) is 0 Å². The van der Waals surface area contributed by atoms with E-state index in [1.165, 1.54) is 0 Å². The van der Waals surface area contributed by atoms with Crippen LogP contribution in [0.4, 0.5) is 0 Å².